The molecule has 0 aromatic rings. The summed E-state index contributed by atoms with van der Waals surface area (Å²) in [7, 11) is 0. The van der Waals surface area contributed by atoms with Crippen molar-refractivity contribution in [2.45, 2.75) is 58.0 Å². The van der Waals surface area contributed by atoms with Gasteiger partial charge in [0.25, 0.3) is 0 Å². The molecule has 0 radical (unpaired) electrons. The number of nitriles is 2. The molecule has 0 N–H and O–H groups in total. The molecule has 3 aliphatic heterocycles. The van der Waals surface area contributed by atoms with E-state index in [4.69, 9.17) is 0 Å². The van der Waals surface area contributed by atoms with Gasteiger partial charge in [-0.1, -0.05) is 0 Å². The molecule has 3 fully saturated rings. The highest BCUT2D eigenvalue weighted by atomic mass is 15.4. The summed E-state index contributed by atoms with van der Waals surface area (Å²) in [4.78, 5) is 9.65. The minimum atomic E-state index is 0.275. The average molecular weight is 371 g/mol. The molecule has 3 rings (SSSR count). The number of allylic oxidation sites excluding steroid dienone is 1. The maximum absolute atomic E-state index is 9.47. The molecule has 0 bridgehead atoms. The van der Waals surface area contributed by atoms with E-state index < -0.39 is 0 Å². The minimum Gasteiger partial charge on any atom is -0.355 e. The number of hydrogen-bond donors (Lipinski definition) is 0. The van der Waals surface area contributed by atoms with Gasteiger partial charge in [0.15, 0.2) is 5.57 Å². The van der Waals surface area contributed by atoms with Gasteiger partial charge in [0, 0.05) is 51.4 Å². The lowest BCUT2D eigenvalue weighted by Crippen LogP contribution is -2.36. The van der Waals surface area contributed by atoms with Gasteiger partial charge in [-0.15, -0.1) is 0 Å². The quantitative estimate of drug-likeness (QED) is 0.641. The van der Waals surface area contributed by atoms with Gasteiger partial charge in [0.1, 0.15) is 18.0 Å². The minimum absolute atomic E-state index is 0.275. The number of nitrogens with zero attached hydrogens (tertiary/aromatic N) is 6. The van der Waals surface area contributed by atoms with Crippen molar-refractivity contribution in [2.24, 2.45) is 0 Å². The molecule has 148 valence electrons. The summed E-state index contributed by atoms with van der Waals surface area (Å²) in [5.41, 5.74) is 0.275. The molecule has 3 aliphatic rings. The van der Waals surface area contributed by atoms with E-state index in [0.29, 0.717) is 12.1 Å². The van der Waals surface area contributed by atoms with Crippen LogP contribution in [0.1, 0.15) is 46.0 Å². The molecule has 6 heteroatoms. The Kier molecular flexibility index (Phi) is 6.99. The fourth-order valence-electron chi connectivity index (χ4n) is 4.89. The first kappa shape index (κ1) is 20.0. The van der Waals surface area contributed by atoms with E-state index >= 15 is 0 Å². The second-order valence-electron chi connectivity index (χ2n) is 8.30. The SMILES string of the molecule is C[C@@H]1CCCN1CCCN1CCN(CCN2CCC[C@@H]2C)C1=C(C#N)C#N. The van der Waals surface area contributed by atoms with E-state index in [1.807, 2.05) is 0 Å². The van der Waals surface area contributed by atoms with Gasteiger partial charge in [-0.3, -0.25) is 4.90 Å². The van der Waals surface area contributed by atoms with Crippen LogP contribution in [0.15, 0.2) is 11.4 Å². The number of likely N-dealkylation sites (tertiary alicyclic amines) is 2. The zero-order valence-electron chi connectivity index (χ0n) is 17.0. The van der Waals surface area contributed by atoms with Gasteiger partial charge in [0.05, 0.1) is 0 Å². The van der Waals surface area contributed by atoms with Crippen molar-refractivity contribution in [3.05, 3.63) is 11.4 Å². The van der Waals surface area contributed by atoms with Gasteiger partial charge < -0.3 is 14.7 Å². The third-order valence-electron chi connectivity index (χ3n) is 6.60. The summed E-state index contributed by atoms with van der Waals surface area (Å²) in [6.45, 7) is 12.8. The van der Waals surface area contributed by atoms with E-state index in [1.54, 1.807) is 0 Å². The maximum Gasteiger partial charge on any atom is 0.169 e. The first-order valence-electron chi connectivity index (χ1n) is 10.7. The lowest BCUT2D eigenvalue weighted by Gasteiger charge is -2.29. The second-order valence-corrected chi connectivity index (χ2v) is 8.30. The molecule has 0 unspecified atom stereocenters. The van der Waals surface area contributed by atoms with Crippen LogP contribution >= 0.6 is 0 Å². The molecule has 2 atom stereocenters. The van der Waals surface area contributed by atoms with Gasteiger partial charge in [-0.25, -0.2) is 0 Å². The fraction of sp³-hybridized carbons (Fsp3) is 0.810. The summed E-state index contributed by atoms with van der Waals surface area (Å²) in [6.07, 6.45) is 6.28. The highest BCUT2D eigenvalue weighted by Gasteiger charge is 2.30. The van der Waals surface area contributed by atoms with Crippen molar-refractivity contribution < 1.29 is 0 Å². The summed E-state index contributed by atoms with van der Waals surface area (Å²) in [5, 5.41) is 18.9. The topological polar surface area (TPSA) is 60.5 Å². The van der Waals surface area contributed by atoms with Crippen LogP contribution in [0.5, 0.6) is 0 Å². The fourth-order valence-corrected chi connectivity index (χ4v) is 4.89. The Morgan fingerprint density at radius 1 is 0.815 bits per heavy atom. The van der Waals surface area contributed by atoms with Crippen LogP contribution in [-0.2, 0) is 0 Å². The molecule has 27 heavy (non-hydrogen) atoms. The van der Waals surface area contributed by atoms with E-state index in [2.05, 4.69) is 45.6 Å². The van der Waals surface area contributed by atoms with Crippen molar-refractivity contribution in [3.8, 4) is 12.1 Å². The molecule has 0 saturated carbocycles. The van der Waals surface area contributed by atoms with E-state index in [0.717, 1.165) is 51.5 Å². The first-order chi connectivity index (χ1) is 13.1. The van der Waals surface area contributed by atoms with Gasteiger partial charge in [-0.2, -0.15) is 10.5 Å². The lowest BCUT2D eigenvalue weighted by atomic mass is 10.2. The smallest absolute Gasteiger partial charge is 0.169 e. The molecule has 6 nitrogen and oxygen atoms in total. The average Bonchev–Trinajstić information content (AvgIpc) is 3.37. The van der Waals surface area contributed by atoms with E-state index in [1.165, 1.54) is 38.8 Å². The largest absolute Gasteiger partial charge is 0.355 e. The Hall–Kier alpha value is -1.76. The van der Waals surface area contributed by atoms with Crippen LogP contribution < -0.4 is 0 Å². The maximum atomic E-state index is 9.47. The second kappa shape index (κ2) is 9.44. The van der Waals surface area contributed by atoms with Crippen molar-refractivity contribution in [2.75, 3.05) is 52.4 Å². The molecule has 0 aliphatic carbocycles. The zero-order chi connectivity index (χ0) is 19.2. The molecule has 3 heterocycles. The molecular formula is C21H34N6. The van der Waals surface area contributed by atoms with Crippen LogP contribution in [-0.4, -0.2) is 84.0 Å². The normalized spacial score (nSPS) is 26.6. The van der Waals surface area contributed by atoms with Crippen molar-refractivity contribution in [1.82, 2.24) is 19.6 Å². The highest BCUT2D eigenvalue weighted by Crippen LogP contribution is 2.24. The Labute approximate surface area is 164 Å². The van der Waals surface area contributed by atoms with Gasteiger partial charge >= 0.3 is 0 Å². The van der Waals surface area contributed by atoms with Crippen molar-refractivity contribution in [1.29, 1.82) is 10.5 Å². The number of rotatable bonds is 7. The molecule has 0 spiro atoms. The van der Waals surface area contributed by atoms with Crippen LogP contribution in [0.4, 0.5) is 0 Å². The Balaban J connectivity index is 1.58. The van der Waals surface area contributed by atoms with Gasteiger partial charge in [-0.05, 0) is 59.0 Å². The van der Waals surface area contributed by atoms with Gasteiger partial charge in [0.2, 0.25) is 0 Å². The monoisotopic (exact) mass is 370 g/mol. The summed E-state index contributed by atoms with van der Waals surface area (Å²) in [6, 6.07) is 5.64. The third kappa shape index (κ3) is 4.75. The predicted molar refractivity (Wildman–Crippen MR) is 107 cm³/mol. The molecule has 3 saturated heterocycles. The van der Waals surface area contributed by atoms with Crippen LogP contribution in [0, 0.1) is 22.7 Å². The molecule has 0 aromatic heterocycles. The van der Waals surface area contributed by atoms with Crippen molar-refractivity contribution in [3.63, 3.8) is 0 Å². The van der Waals surface area contributed by atoms with Crippen LogP contribution in [0.3, 0.4) is 0 Å². The zero-order valence-corrected chi connectivity index (χ0v) is 17.0. The Morgan fingerprint density at radius 2 is 1.37 bits per heavy atom. The standard InChI is InChI=1S/C21H34N6/c1-18-6-3-8-24(18)10-5-11-26-14-15-27(21(26)20(16-22)17-23)13-12-25-9-4-7-19(25)2/h18-19H,3-15H2,1-2H3/t18-,19+/m1/s1. The first-order valence-corrected chi connectivity index (χ1v) is 10.7. The van der Waals surface area contributed by atoms with E-state index in [9.17, 15) is 10.5 Å². The molecular weight excluding hydrogens is 336 g/mol. The lowest BCUT2D eigenvalue weighted by molar-refractivity contribution is 0.224. The summed E-state index contributed by atoms with van der Waals surface area (Å²) < 4.78 is 0. The molecule has 0 amide bonds. The van der Waals surface area contributed by atoms with Crippen LogP contribution in [0.2, 0.25) is 0 Å². The van der Waals surface area contributed by atoms with Crippen molar-refractivity contribution >= 4 is 0 Å². The molecule has 0 aromatic carbocycles. The third-order valence-corrected chi connectivity index (χ3v) is 6.60. The van der Waals surface area contributed by atoms with Crippen LogP contribution in [0.25, 0.3) is 0 Å². The van der Waals surface area contributed by atoms with E-state index in [-0.39, 0.29) is 5.57 Å². The number of hydrogen-bond acceptors (Lipinski definition) is 6. The highest BCUT2D eigenvalue weighted by molar-refractivity contribution is 5.40. The predicted octanol–water partition coefficient (Wildman–Crippen LogP) is 2.22. The Bertz CT molecular complexity index is 599. The summed E-state index contributed by atoms with van der Waals surface area (Å²) in [5.74, 6) is 0.876. The Morgan fingerprint density at radius 3 is 1.89 bits per heavy atom. The summed E-state index contributed by atoms with van der Waals surface area (Å²) >= 11 is 0.